The molecule has 0 bridgehead atoms. The number of anilines is 1. The Morgan fingerprint density at radius 1 is 0.741 bits per heavy atom. The first-order valence-corrected chi connectivity index (χ1v) is 8.66. The lowest BCUT2D eigenvalue weighted by Gasteiger charge is -2.08. The number of nitrogens with two attached hydrogens (primary N) is 1. The van der Waals surface area contributed by atoms with E-state index in [1.807, 2.05) is 54.6 Å². The highest BCUT2D eigenvalue weighted by atomic mass is 16.2. The summed E-state index contributed by atoms with van der Waals surface area (Å²) in [7, 11) is 0. The van der Waals surface area contributed by atoms with Crippen molar-refractivity contribution in [3.8, 4) is 11.1 Å². The number of nitrogens with one attached hydrogen (secondary N) is 2. The molecule has 0 aliphatic rings. The maximum Gasteiger partial charge on any atom is 0.316 e. The van der Waals surface area contributed by atoms with E-state index in [1.54, 1.807) is 12.1 Å². The molecule has 0 atom stereocenters. The lowest BCUT2D eigenvalue weighted by atomic mass is 10.0. The van der Waals surface area contributed by atoms with Crippen LogP contribution >= 0.6 is 0 Å². The molecule has 3 aromatic carbocycles. The van der Waals surface area contributed by atoms with Crippen molar-refractivity contribution in [3.05, 3.63) is 90.0 Å². The van der Waals surface area contributed by atoms with Crippen LogP contribution in [0.4, 0.5) is 10.5 Å². The van der Waals surface area contributed by atoms with Crippen molar-refractivity contribution in [2.45, 2.75) is 13.0 Å². The minimum absolute atomic E-state index is 0.0400. The van der Waals surface area contributed by atoms with Crippen LogP contribution in [0.2, 0.25) is 0 Å². The number of benzene rings is 3. The fourth-order valence-electron chi connectivity index (χ4n) is 2.74. The van der Waals surface area contributed by atoms with Crippen LogP contribution in [0.1, 0.15) is 11.1 Å². The van der Waals surface area contributed by atoms with Crippen LogP contribution in [0.5, 0.6) is 0 Å². The Kier molecular flexibility index (Phi) is 5.84. The highest BCUT2D eigenvalue weighted by molar-refractivity contribution is 5.87. The fourth-order valence-corrected chi connectivity index (χ4v) is 2.74. The first-order chi connectivity index (χ1) is 13.1. The van der Waals surface area contributed by atoms with Crippen LogP contribution in [0.25, 0.3) is 11.1 Å². The van der Waals surface area contributed by atoms with Gasteiger partial charge in [0.2, 0.25) is 5.91 Å². The quantitative estimate of drug-likeness (QED) is 0.627. The molecule has 0 aliphatic heterocycles. The third-order valence-electron chi connectivity index (χ3n) is 4.14. The summed E-state index contributed by atoms with van der Waals surface area (Å²) in [6.07, 6.45) is 0.330. The molecule has 0 unspecified atom stereocenters. The lowest BCUT2D eigenvalue weighted by molar-refractivity contribution is -0.120. The molecule has 27 heavy (non-hydrogen) atoms. The molecule has 5 heteroatoms. The van der Waals surface area contributed by atoms with Gasteiger partial charge in [0.25, 0.3) is 0 Å². The van der Waals surface area contributed by atoms with Crippen LogP contribution < -0.4 is 16.4 Å². The molecule has 0 aliphatic carbocycles. The van der Waals surface area contributed by atoms with Crippen molar-refractivity contribution in [2.24, 2.45) is 5.73 Å². The van der Waals surface area contributed by atoms with Gasteiger partial charge in [0.15, 0.2) is 0 Å². The zero-order chi connectivity index (χ0) is 19.1. The third-order valence-corrected chi connectivity index (χ3v) is 4.14. The van der Waals surface area contributed by atoms with E-state index in [4.69, 9.17) is 5.73 Å². The molecule has 0 saturated heterocycles. The van der Waals surface area contributed by atoms with Gasteiger partial charge in [0.05, 0.1) is 6.42 Å². The Bertz CT molecular complexity index is 905. The molecule has 136 valence electrons. The van der Waals surface area contributed by atoms with E-state index in [1.165, 1.54) is 0 Å². The van der Waals surface area contributed by atoms with Gasteiger partial charge in [-0.15, -0.1) is 0 Å². The second kappa shape index (κ2) is 8.67. The Morgan fingerprint density at radius 2 is 1.33 bits per heavy atom. The molecule has 3 aromatic rings. The average molecular weight is 359 g/mol. The predicted molar refractivity (Wildman–Crippen MR) is 107 cm³/mol. The summed E-state index contributed by atoms with van der Waals surface area (Å²) in [6, 6.07) is 24.7. The Hall–Kier alpha value is -3.60. The second-order valence-electron chi connectivity index (χ2n) is 6.20. The van der Waals surface area contributed by atoms with Crippen molar-refractivity contribution < 1.29 is 9.59 Å². The van der Waals surface area contributed by atoms with E-state index < -0.39 is 6.03 Å². The van der Waals surface area contributed by atoms with Crippen LogP contribution in [-0.2, 0) is 17.8 Å². The van der Waals surface area contributed by atoms with Crippen LogP contribution in [-0.4, -0.2) is 11.9 Å². The zero-order valence-electron chi connectivity index (χ0n) is 14.8. The largest absolute Gasteiger partial charge is 0.352 e. The van der Waals surface area contributed by atoms with Crippen LogP contribution in [0.3, 0.4) is 0 Å². The van der Waals surface area contributed by atoms with Gasteiger partial charge in [-0.05, 0) is 34.4 Å². The summed E-state index contributed by atoms with van der Waals surface area (Å²) < 4.78 is 0. The molecule has 3 rings (SSSR count). The number of carbonyl (C=O) groups is 2. The molecular formula is C22H21N3O2. The van der Waals surface area contributed by atoms with Gasteiger partial charge in [-0.2, -0.15) is 0 Å². The standard InChI is InChI=1S/C22H21N3O2/c23-22(27)25-20-12-8-17(9-13-20)15-24-21(26)14-16-6-10-19(11-7-16)18-4-2-1-3-5-18/h1-13H,14-15H2,(H,24,26)(H3,23,25,27). The maximum atomic E-state index is 12.2. The summed E-state index contributed by atoms with van der Waals surface area (Å²) in [4.78, 5) is 23.0. The van der Waals surface area contributed by atoms with E-state index in [0.717, 1.165) is 22.3 Å². The normalized spacial score (nSPS) is 10.2. The number of carbonyl (C=O) groups excluding carboxylic acids is 2. The predicted octanol–water partition coefficient (Wildman–Crippen LogP) is 3.70. The summed E-state index contributed by atoms with van der Waals surface area (Å²) in [5, 5.41) is 5.40. The van der Waals surface area contributed by atoms with Gasteiger partial charge in [-0.1, -0.05) is 66.7 Å². The highest BCUT2D eigenvalue weighted by Crippen LogP contribution is 2.19. The number of rotatable bonds is 6. The fraction of sp³-hybridized carbons (Fsp3) is 0.0909. The van der Waals surface area contributed by atoms with Crippen molar-refractivity contribution in [1.82, 2.24) is 5.32 Å². The number of hydrogen-bond acceptors (Lipinski definition) is 2. The smallest absolute Gasteiger partial charge is 0.316 e. The molecule has 0 fully saturated rings. The van der Waals surface area contributed by atoms with E-state index in [9.17, 15) is 9.59 Å². The molecule has 5 nitrogen and oxygen atoms in total. The van der Waals surface area contributed by atoms with Gasteiger partial charge in [0.1, 0.15) is 0 Å². The molecule has 4 N–H and O–H groups in total. The minimum atomic E-state index is -0.602. The van der Waals surface area contributed by atoms with Gasteiger partial charge >= 0.3 is 6.03 Å². The van der Waals surface area contributed by atoms with Crippen molar-refractivity contribution in [1.29, 1.82) is 0 Å². The van der Waals surface area contributed by atoms with Gasteiger partial charge < -0.3 is 16.4 Å². The molecule has 3 amide bonds. The minimum Gasteiger partial charge on any atom is -0.352 e. The van der Waals surface area contributed by atoms with Crippen LogP contribution in [0, 0.1) is 0 Å². The molecule has 0 saturated carbocycles. The Labute approximate surface area is 158 Å². The summed E-state index contributed by atoms with van der Waals surface area (Å²) in [5.74, 6) is -0.0400. The Morgan fingerprint density at radius 3 is 1.96 bits per heavy atom. The average Bonchev–Trinajstić information content (AvgIpc) is 2.68. The van der Waals surface area contributed by atoms with Gasteiger partial charge in [-0.25, -0.2) is 4.79 Å². The number of primary amides is 1. The van der Waals surface area contributed by atoms with Crippen molar-refractivity contribution >= 4 is 17.6 Å². The van der Waals surface area contributed by atoms with E-state index in [2.05, 4.69) is 22.8 Å². The second-order valence-corrected chi connectivity index (χ2v) is 6.20. The molecular weight excluding hydrogens is 338 g/mol. The van der Waals surface area contributed by atoms with E-state index in [0.29, 0.717) is 18.7 Å². The van der Waals surface area contributed by atoms with Gasteiger partial charge in [0, 0.05) is 12.2 Å². The summed E-state index contributed by atoms with van der Waals surface area (Å²) in [5.41, 5.74) is 9.88. The summed E-state index contributed by atoms with van der Waals surface area (Å²) >= 11 is 0. The SMILES string of the molecule is NC(=O)Nc1ccc(CNC(=O)Cc2ccc(-c3ccccc3)cc2)cc1. The first kappa shape index (κ1) is 18.2. The number of hydrogen-bond donors (Lipinski definition) is 3. The molecule has 0 radical (unpaired) electrons. The topological polar surface area (TPSA) is 84.2 Å². The molecule has 0 spiro atoms. The number of urea groups is 1. The maximum absolute atomic E-state index is 12.2. The third kappa shape index (κ3) is 5.44. The Balaban J connectivity index is 1.51. The highest BCUT2D eigenvalue weighted by Gasteiger charge is 2.05. The molecule has 0 aromatic heterocycles. The van der Waals surface area contributed by atoms with Crippen molar-refractivity contribution in [3.63, 3.8) is 0 Å². The monoisotopic (exact) mass is 359 g/mol. The summed E-state index contributed by atoms with van der Waals surface area (Å²) in [6.45, 7) is 0.428. The number of amides is 3. The first-order valence-electron chi connectivity index (χ1n) is 8.66. The van der Waals surface area contributed by atoms with E-state index in [-0.39, 0.29) is 5.91 Å². The van der Waals surface area contributed by atoms with Gasteiger partial charge in [-0.3, -0.25) is 4.79 Å². The molecule has 0 heterocycles. The lowest BCUT2D eigenvalue weighted by Crippen LogP contribution is -2.24. The zero-order valence-corrected chi connectivity index (χ0v) is 14.8. The van der Waals surface area contributed by atoms with E-state index >= 15 is 0 Å². The van der Waals surface area contributed by atoms with Crippen molar-refractivity contribution in [2.75, 3.05) is 5.32 Å². The van der Waals surface area contributed by atoms with Crippen LogP contribution in [0.15, 0.2) is 78.9 Å².